The highest BCUT2D eigenvalue weighted by Crippen LogP contribution is 2.33. The first-order valence-corrected chi connectivity index (χ1v) is 6.29. The van der Waals surface area contributed by atoms with Gasteiger partial charge in [-0.1, -0.05) is 23.2 Å². The van der Waals surface area contributed by atoms with E-state index in [0.29, 0.717) is 21.4 Å². The van der Waals surface area contributed by atoms with Gasteiger partial charge in [0.05, 0.1) is 16.2 Å². The predicted octanol–water partition coefficient (Wildman–Crippen LogP) is 3.10. The summed E-state index contributed by atoms with van der Waals surface area (Å²) < 4.78 is 15.3. The lowest BCUT2D eigenvalue weighted by atomic mass is 10.2. The van der Waals surface area contributed by atoms with Gasteiger partial charge in [-0.25, -0.2) is 4.68 Å². The molecule has 0 aliphatic heterocycles. The lowest BCUT2D eigenvalue weighted by Crippen LogP contribution is -2.03. The van der Waals surface area contributed by atoms with Crippen LogP contribution in [0, 0.1) is 6.92 Å². The van der Waals surface area contributed by atoms with Gasteiger partial charge in [-0.15, -0.1) is 0 Å². The number of nitrogen functional groups attached to an aromatic ring is 1. The van der Waals surface area contributed by atoms with Crippen molar-refractivity contribution in [3.05, 3.63) is 33.9 Å². The zero-order valence-corrected chi connectivity index (χ0v) is 11.6. The fraction of sp³-hybridized carbons (Fsp3) is 0.100. The van der Waals surface area contributed by atoms with Crippen LogP contribution >= 0.6 is 23.2 Å². The molecule has 0 atom stereocenters. The van der Waals surface area contributed by atoms with Crippen molar-refractivity contribution in [2.75, 3.05) is 5.73 Å². The van der Waals surface area contributed by atoms with Crippen LogP contribution in [-0.4, -0.2) is 14.0 Å². The van der Waals surface area contributed by atoms with Crippen molar-refractivity contribution in [2.45, 2.75) is 6.92 Å². The third-order valence-corrected chi connectivity index (χ3v) is 3.14. The molecule has 2 N–H and O–H groups in total. The molecule has 0 amide bonds. The number of rotatable bonds is 2. The van der Waals surface area contributed by atoms with Crippen LogP contribution in [0.3, 0.4) is 0 Å². The molecule has 2 rings (SSSR count). The molecule has 0 spiro atoms. The molecule has 0 aliphatic rings. The molecule has 1 aromatic carbocycles. The summed E-state index contributed by atoms with van der Waals surface area (Å²) in [5, 5.41) is 4.89. The van der Waals surface area contributed by atoms with Crippen LogP contribution in [0.4, 0.5) is 11.5 Å². The topological polar surface area (TPSA) is 73.3 Å². The Morgan fingerprint density at radius 1 is 1.39 bits per heavy atom. The summed E-state index contributed by atoms with van der Waals surface area (Å²) in [7, 11) is 0. The molecule has 1 heterocycles. The minimum atomic E-state index is 0.0640. The van der Waals surface area contributed by atoms with Gasteiger partial charge in [-0.2, -0.15) is 13.7 Å². The van der Waals surface area contributed by atoms with Crippen molar-refractivity contribution >= 4 is 46.2 Å². The maximum Gasteiger partial charge on any atom is 0.205 e. The van der Waals surface area contributed by atoms with Crippen molar-refractivity contribution in [1.82, 2.24) is 9.78 Å². The average molecular weight is 303 g/mol. The summed E-state index contributed by atoms with van der Waals surface area (Å²) in [5.41, 5.74) is 7.53. The highest BCUT2D eigenvalue weighted by Gasteiger charge is 2.15. The molecule has 94 valence electrons. The molecule has 0 unspecified atom stereocenters. The number of hydrogen-bond acceptors (Lipinski definition) is 4. The number of aryl methyl sites for hydroxylation is 1. The van der Waals surface area contributed by atoms with Crippen molar-refractivity contribution in [1.29, 1.82) is 0 Å². The van der Waals surface area contributed by atoms with Crippen molar-refractivity contribution in [3.63, 3.8) is 0 Å². The third-order valence-electron chi connectivity index (χ3n) is 2.29. The Morgan fingerprint density at radius 2 is 2.00 bits per heavy atom. The summed E-state index contributed by atoms with van der Waals surface area (Å²) >= 11 is 12.3. The van der Waals surface area contributed by atoms with Crippen LogP contribution in [0.1, 0.15) is 5.56 Å². The summed E-state index contributed by atoms with van der Waals surface area (Å²) in [5.74, 6) is 0.214. The number of anilines is 1. The maximum atomic E-state index is 10.4. The SMILES string of the molecule is Cc1cc(Cl)c(-n2ncc(N=S=O)c2N)c(Cl)c1. The second kappa shape index (κ2) is 5.09. The Hall–Kier alpha value is -1.37. The van der Waals surface area contributed by atoms with E-state index in [1.165, 1.54) is 10.9 Å². The highest BCUT2D eigenvalue weighted by molar-refractivity contribution is 7.54. The summed E-state index contributed by atoms with van der Waals surface area (Å²) in [6, 6.07) is 3.51. The van der Waals surface area contributed by atoms with Gasteiger partial charge in [-0.3, -0.25) is 0 Å². The molecule has 0 fully saturated rings. The molecule has 2 aromatic rings. The molecular weight excluding hydrogens is 295 g/mol. The van der Waals surface area contributed by atoms with Gasteiger partial charge >= 0.3 is 0 Å². The Labute approximate surface area is 117 Å². The van der Waals surface area contributed by atoms with Gasteiger partial charge in [0.1, 0.15) is 11.4 Å². The van der Waals surface area contributed by atoms with E-state index in [2.05, 4.69) is 9.46 Å². The lowest BCUT2D eigenvalue weighted by molar-refractivity contribution is 0.698. The maximum absolute atomic E-state index is 10.4. The summed E-state index contributed by atoms with van der Waals surface area (Å²) in [4.78, 5) is 0. The van der Waals surface area contributed by atoms with E-state index in [0.717, 1.165) is 5.56 Å². The van der Waals surface area contributed by atoms with E-state index >= 15 is 0 Å². The zero-order chi connectivity index (χ0) is 13.3. The van der Waals surface area contributed by atoms with E-state index in [9.17, 15) is 4.21 Å². The summed E-state index contributed by atoms with van der Waals surface area (Å²) in [6.07, 6.45) is 1.38. The van der Waals surface area contributed by atoms with Crippen molar-refractivity contribution in [2.24, 2.45) is 4.36 Å². The molecule has 5 nitrogen and oxygen atoms in total. The van der Waals surface area contributed by atoms with E-state index in [1.54, 1.807) is 12.1 Å². The van der Waals surface area contributed by atoms with Crippen molar-refractivity contribution in [3.8, 4) is 5.69 Å². The smallest absolute Gasteiger partial charge is 0.205 e. The van der Waals surface area contributed by atoms with Gasteiger partial charge in [0.15, 0.2) is 5.82 Å². The van der Waals surface area contributed by atoms with Gasteiger partial charge in [-0.05, 0) is 24.6 Å². The average Bonchev–Trinajstić information content (AvgIpc) is 2.61. The lowest BCUT2D eigenvalue weighted by Gasteiger charge is -2.09. The minimum Gasteiger partial charge on any atom is -0.382 e. The quantitative estimate of drug-likeness (QED) is 0.926. The molecular formula is C10H8Cl2N4OS. The molecule has 1 aromatic heterocycles. The molecule has 18 heavy (non-hydrogen) atoms. The molecule has 0 saturated carbocycles. The number of aromatic nitrogens is 2. The number of hydrogen-bond donors (Lipinski definition) is 1. The third kappa shape index (κ3) is 2.27. The molecule has 0 aliphatic carbocycles. The number of halogens is 2. The molecule has 8 heteroatoms. The van der Waals surface area contributed by atoms with Crippen LogP contribution < -0.4 is 5.73 Å². The fourth-order valence-corrected chi connectivity index (χ4v) is 2.51. The number of nitrogens with two attached hydrogens (primary N) is 1. The van der Waals surface area contributed by atoms with E-state index in [1.807, 2.05) is 6.92 Å². The molecule has 0 radical (unpaired) electrons. The molecule has 0 bridgehead atoms. The first-order valence-electron chi connectivity index (χ1n) is 4.84. The Morgan fingerprint density at radius 3 is 2.56 bits per heavy atom. The van der Waals surface area contributed by atoms with Gasteiger partial charge in [0.25, 0.3) is 0 Å². The first-order chi connectivity index (χ1) is 8.54. The predicted molar refractivity (Wildman–Crippen MR) is 73.0 cm³/mol. The van der Waals surface area contributed by atoms with Crippen LogP contribution in [0.15, 0.2) is 22.7 Å². The van der Waals surface area contributed by atoms with Gasteiger partial charge in [0.2, 0.25) is 11.5 Å². The molecule has 0 saturated heterocycles. The fourth-order valence-electron chi connectivity index (χ4n) is 1.53. The number of benzene rings is 1. The van der Waals surface area contributed by atoms with E-state index in [4.69, 9.17) is 28.9 Å². The monoisotopic (exact) mass is 302 g/mol. The van der Waals surface area contributed by atoms with Crippen LogP contribution in [0.5, 0.6) is 0 Å². The second-order valence-corrected chi connectivity index (χ2v) is 4.72. The first kappa shape index (κ1) is 13.1. The standard InChI is InChI=1S/C10H8Cl2N4OS/c1-5-2-6(11)9(7(12)3-5)16-10(13)8(4-14-16)15-18-17/h2-4H,13H2,1H3. The van der Waals surface area contributed by atoms with Gasteiger partial charge < -0.3 is 5.73 Å². The minimum absolute atomic E-state index is 0.0640. The van der Waals surface area contributed by atoms with Crippen LogP contribution in [-0.2, 0) is 11.5 Å². The van der Waals surface area contributed by atoms with E-state index < -0.39 is 0 Å². The second-order valence-electron chi connectivity index (χ2n) is 3.57. The Kier molecular flexibility index (Phi) is 3.70. The Bertz CT molecular complexity index is 641. The van der Waals surface area contributed by atoms with Crippen molar-refractivity contribution < 1.29 is 4.21 Å². The number of nitrogens with zero attached hydrogens (tertiary/aromatic N) is 3. The van der Waals surface area contributed by atoms with Crippen LogP contribution in [0.2, 0.25) is 10.0 Å². The zero-order valence-electron chi connectivity index (χ0n) is 9.22. The largest absolute Gasteiger partial charge is 0.382 e. The van der Waals surface area contributed by atoms with Crippen LogP contribution in [0.25, 0.3) is 5.69 Å². The normalized spacial score (nSPS) is 10.4. The Balaban J connectivity index is 2.66. The summed E-state index contributed by atoms with van der Waals surface area (Å²) in [6.45, 7) is 1.88. The van der Waals surface area contributed by atoms with Gasteiger partial charge in [0, 0.05) is 0 Å². The highest BCUT2D eigenvalue weighted by atomic mass is 35.5. The van der Waals surface area contributed by atoms with E-state index in [-0.39, 0.29) is 17.3 Å².